The maximum Gasteiger partial charge on any atom is 0.416 e. The molecule has 1 aliphatic carbocycles. The van der Waals surface area contributed by atoms with Crippen molar-refractivity contribution in [2.24, 2.45) is 5.92 Å². The number of halogens is 6. The smallest absolute Gasteiger partial charge is 0.166 e. The SMILES string of the molecule is CC1CCC1c1c(C(F)(F)F)cccc1C(F)(F)F. The van der Waals surface area contributed by atoms with Crippen molar-refractivity contribution in [3.63, 3.8) is 0 Å². The first-order valence-corrected chi connectivity index (χ1v) is 5.89. The molecule has 0 nitrogen and oxygen atoms in total. The minimum absolute atomic E-state index is 0.149. The molecule has 1 aromatic rings. The molecule has 1 aliphatic rings. The lowest BCUT2D eigenvalue weighted by Gasteiger charge is -2.37. The van der Waals surface area contributed by atoms with E-state index in [1.165, 1.54) is 0 Å². The Bertz CT molecular complexity index is 439. The van der Waals surface area contributed by atoms with E-state index in [1.807, 2.05) is 0 Å². The van der Waals surface area contributed by atoms with Crippen molar-refractivity contribution in [1.29, 1.82) is 0 Å². The summed E-state index contributed by atoms with van der Waals surface area (Å²) >= 11 is 0. The average Bonchev–Trinajstić information content (AvgIpc) is 2.24. The monoisotopic (exact) mass is 282 g/mol. The van der Waals surface area contributed by atoms with Gasteiger partial charge in [-0.05, 0) is 42.4 Å². The van der Waals surface area contributed by atoms with Crippen molar-refractivity contribution < 1.29 is 26.3 Å². The molecule has 0 spiro atoms. The fraction of sp³-hybridized carbons (Fsp3) is 0.538. The van der Waals surface area contributed by atoms with Crippen molar-refractivity contribution in [3.8, 4) is 0 Å². The van der Waals surface area contributed by atoms with Crippen LogP contribution in [0.25, 0.3) is 0 Å². The first kappa shape index (κ1) is 14.2. The van der Waals surface area contributed by atoms with Gasteiger partial charge in [0.2, 0.25) is 0 Å². The topological polar surface area (TPSA) is 0 Å². The fourth-order valence-electron chi connectivity index (χ4n) is 2.55. The van der Waals surface area contributed by atoms with Crippen molar-refractivity contribution in [2.45, 2.75) is 38.0 Å². The quantitative estimate of drug-likeness (QED) is 0.618. The lowest BCUT2D eigenvalue weighted by Crippen LogP contribution is -2.27. The Balaban J connectivity index is 2.63. The summed E-state index contributed by atoms with van der Waals surface area (Å²) in [6.07, 6.45) is -8.48. The van der Waals surface area contributed by atoms with Gasteiger partial charge in [-0.3, -0.25) is 0 Å². The van der Waals surface area contributed by atoms with E-state index in [4.69, 9.17) is 0 Å². The van der Waals surface area contributed by atoms with Gasteiger partial charge in [-0.1, -0.05) is 13.0 Å². The van der Waals surface area contributed by atoms with Gasteiger partial charge in [-0.25, -0.2) is 0 Å². The van der Waals surface area contributed by atoms with Crippen LogP contribution in [-0.4, -0.2) is 0 Å². The summed E-state index contributed by atoms with van der Waals surface area (Å²) < 4.78 is 77.4. The summed E-state index contributed by atoms with van der Waals surface area (Å²) in [5, 5.41) is 0. The van der Waals surface area contributed by atoms with Crippen molar-refractivity contribution in [3.05, 3.63) is 34.9 Å². The Hall–Kier alpha value is -1.20. The molecule has 1 fully saturated rings. The Labute approximate surface area is 106 Å². The molecule has 0 N–H and O–H groups in total. The molecule has 6 heteroatoms. The predicted octanol–water partition coefficient (Wildman–Crippen LogP) is 5.24. The maximum atomic E-state index is 12.9. The van der Waals surface area contributed by atoms with Crippen LogP contribution in [0.15, 0.2) is 18.2 Å². The fourth-order valence-corrected chi connectivity index (χ4v) is 2.55. The zero-order valence-corrected chi connectivity index (χ0v) is 10.1. The van der Waals surface area contributed by atoms with Crippen molar-refractivity contribution in [1.82, 2.24) is 0 Å². The van der Waals surface area contributed by atoms with E-state index in [9.17, 15) is 26.3 Å². The van der Waals surface area contributed by atoms with E-state index in [2.05, 4.69) is 0 Å². The summed E-state index contributed by atoms with van der Waals surface area (Å²) in [6.45, 7) is 1.68. The van der Waals surface area contributed by atoms with Crippen LogP contribution in [0.1, 0.15) is 42.4 Å². The number of hydrogen-bond acceptors (Lipinski definition) is 0. The Morgan fingerprint density at radius 1 is 0.895 bits per heavy atom. The average molecular weight is 282 g/mol. The van der Waals surface area contributed by atoms with Crippen LogP contribution in [0.4, 0.5) is 26.3 Å². The van der Waals surface area contributed by atoms with Crippen LogP contribution < -0.4 is 0 Å². The molecule has 1 saturated carbocycles. The highest BCUT2D eigenvalue weighted by Crippen LogP contribution is 2.50. The van der Waals surface area contributed by atoms with Gasteiger partial charge in [0.15, 0.2) is 0 Å². The Morgan fingerprint density at radius 3 is 1.63 bits per heavy atom. The minimum Gasteiger partial charge on any atom is -0.166 e. The molecule has 0 aromatic heterocycles. The second kappa shape index (κ2) is 4.42. The summed E-state index contributed by atoms with van der Waals surface area (Å²) in [5.41, 5.74) is -2.89. The highest BCUT2D eigenvalue weighted by molar-refractivity contribution is 5.42. The van der Waals surface area contributed by atoms with Gasteiger partial charge in [-0.2, -0.15) is 26.3 Å². The van der Waals surface area contributed by atoms with Crippen LogP contribution in [-0.2, 0) is 12.4 Å². The summed E-state index contributed by atoms with van der Waals surface area (Å²) in [7, 11) is 0. The zero-order valence-electron chi connectivity index (χ0n) is 10.1. The molecule has 2 unspecified atom stereocenters. The van der Waals surface area contributed by atoms with Gasteiger partial charge in [0.25, 0.3) is 0 Å². The van der Waals surface area contributed by atoms with Crippen molar-refractivity contribution in [2.75, 3.05) is 0 Å². The summed E-state index contributed by atoms with van der Waals surface area (Å²) in [5.74, 6) is -0.806. The van der Waals surface area contributed by atoms with Crippen LogP contribution in [0.2, 0.25) is 0 Å². The largest absolute Gasteiger partial charge is 0.416 e. The van der Waals surface area contributed by atoms with E-state index < -0.39 is 35.0 Å². The summed E-state index contributed by atoms with van der Waals surface area (Å²) in [6, 6.07) is 2.28. The third-order valence-electron chi connectivity index (χ3n) is 3.71. The van der Waals surface area contributed by atoms with Gasteiger partial charge in [0, 0.05) is 0 Å². The highest BCUT2D eigenvalue weighted by atomic mass is 19.4. The number of hydrogen-bond donors (Lipinski definition) is 0. The molecule has 2 rings (SSSR count). The molecule has 1 aromatic carbocycles. The molecule has 0 heterocycles. The standard InChI is InChI=1S/C13H12F6/c1-7-5-6-8(7)11-9(12(14,15)16)3-2-4-10(11)13(17,18)19/h2-4,7-8H,5-6H2,1H3. The maximum absolute atomic E-state index is 12.9. The van der Waals surface area contributed by atoms with Crippen LogP contribution >= 0.6 is 0 Å². The first-order chi connectivity index (χ1) is 8.62. The van der Waals surface area contributed by atoms with Gasteiger partial charge in [0.1, 0.15) is 0 Å². The number of alkyl halides is 6. The Kier molecular flexibility index (Phi) is 3.31. The Morgan fingerprint density at radius 2 is 1.37 bits per heavy atom. The lowest BCUT2D eigenvalue weighted by atomic mass is 9.68. The lowest BCUT2D eigenvalue weighted by molar-refractivity contribution is -0.145. The van der Waals surface area contributed by atoms with Gasteiger partial charge in [0.05, 0.1) is 11.1 Å². The van der Waals surface area contributed by atoms with Gasteiger partial charge >= 0.3 is 12.4 Å². The van der Waals surface area contributed by atoms with E-state index in [0.717, 1.165) is 18.2 Å². The molecule has 0 amide bonds. The molecule has 0 aliphatic heterocycles. The van der Waals surface area contributed by atoms with E-state index in [1.54, 1.807) is 6.92 Å². The molecule has 2 atom stereocenters. The van der Waals surface area contributed by atoms with Gasteiger partial charge < -0.3 is 0 Å². The summed E-state index contributed by atoms with van der Waals surface area (Å²) in [4.78, 5) is 0. The molecule has 0 radical (unpaired) electrons. The van der Waals surface area contributed by atoms with E-state index >= 15 is 0 Å². The molecular weight excluding hydrogens is 270 g/mol. The predicted molar refractivity (Wildman–Crippen MR) is 57.6 cm³/mol. The third kappa shape index (κ3) is 2.58. The molecule has 19 heavy (non-hydrogen) atoms. The van der Waals surface area contributed by atoms with E-state index in [0.29, 0.717) is 12.8 Å². The molecule has 0 bridgehead atoms. The normalized spacial score (nSPS) is 24.2. The second-order valence-electron chi connectivity index (χ2n) is 4.92. The van der Waals surface area contributed by atoms with Crippen molar-refractivity contribution >= 4 is 0 Å². The minimum atomic E-state index is -4.76. The first-order valence-electron chi connectivity index (χ1n) is 5.89. The van der Waals surface area contributed by atoms with Crippen LogP contribution in [0.3, 0.4) is 0 Å². The van der Waals surface area contributed by atoms with Gasteiger partial charge in [-0.15, -0.1) is 0 Å². The number of rotatable bonds is 1. The van der Waals surface area contributed by atoms with Crippen LogP contribution in [0, 0.1) is 5.92 Å². The van der Waals surface area contributed by atoms with E-state index in [-0.39, 0.29) is 5.92 Å². The molecular formula is C13H12F6. The van der Waals surface area contributed by atoms with Crippen LogP contribution in [0.5, 0.6) is 0 Å². The zero-order chi connectivity index (χ0) is 14.4. The second-order valence-corrected chi connectivity index (χ2v) is 4.92. The number of benzene rings is 1. The third-order valence-corrected chi connectivity index (χ3v) is 3.71. The highest BCUT2D eigenvalue weighted by Gasteiger charge is 2.45. The molecule has 106 valence electrons. The molecule has 0 saturated heterocycles.